The van der Waals surface area contributed by atoms with Crippen molar-refractivity contribution >= 4 is 11.2 Å². The van der Waals surface area contributed by atoms with Crippen LogP contribution in [0.5, 0.6) is 0 Å². The molecular weight excluding hydrogens is 258 g/mol. The van der Waals surface area contributed by atoms with Crippen molar-refractivity contribution < 1.29 is 0 Å². The third-order valence-corrected chi connectivity index (χ3v) is 4.08. The van der Waals surface area contributed by atoms with E-state index in [1.807, 2.05) is 29.0 Å². The Labute approximate surface area is 125 Å². The van der Waals surface area contributed by atoms with Gasteiger partial charge in [-0.1, -0.05) is 32.0 Å². The molecule has 0 bridgehead atoms. The maximum Gasteiger partial charge on any atom is 0.0711 e. The Morgan fingerprint density at radius 2 is 1.95 bits per heavy atom. The predicted molar refractivity (Wildman–Crippen MR) is 87.7 cm³/mol. The summed E-state index contributed by atoms with van der Waals surface area (Å²) in [7, 11) is 0. The summed E-state index contributed by atoms with van der Waals surface area (Å²) in [6.45, 7) is 5.28. The van der Waals surface area contributed by atoms with E-state index in [9.17, 15) is 0 Å². The Kier molecular flexibility index (Phi) is 3.91. The summed E-state index contributed by atoms with van der Waals surface area (Å²) in [6.07, 6.45) is 5.07. The largest absolute Gasteiger partial charge is 0.381 e. The molecule has 3 aromatic rings. The quantitative estimate of drug-likeness (QED) is 0.747. The van der Waals surface area contributed by atoms with Gasteiger partial charge in [-0.2, -0.15) is 5.10 Å². The van der Waals surface area contributed by atoms with Gasteiger partial charge in [0, 0.05) is 24.0 Å². The molecule has 0 radical (unpaired) electrons. The Balaban J connectivity index is 1.70. The monoisotopic (exact) mass is 279 g/mol. The Morgan fingerprint density at radius 3 is 2.71 bits per heavy atom. The summed E-state index contributed by atoms with van der Waals surface area (Å²) in [5, 5.41) is 7.83. The third kappa shape index (κ3) is 2.92. The zero-order valence-electron chi connectivity index (χ0n) is 12.6. The highest BCUT2D eigenvalue weighted by molar-refractivity contribution is 5.55. The minimum Gasteiger partial charge on any atom is -0.381 e. The number of pyridine rings is 1. The average molecular weight is 279 g/mol. The molecule has 0 fully saturated rings. The molecule has 0 saturated carbocycles. The van der Waals surface area contributed by atoms with E-state index in [4.69, 9.17) is 0 Å². The van der Waals surface area contributed by atoms with Gasteiger partial charge in [-0.3, -0.25) is 0 Å². The summed E-state index contributed by atoms with van der Waals surface area (Å²) in [5.74, 6) is 0.624. The first-order chi connectivity index (χ1) is 10.3. The minimum atomic E-state index is 0.624. The molecule has 0 aliphatic carbocycles. The molecule has 1 unspecified atom stereocenters. The van der Waals surface area contributed by atoms with Crippen LogP contribution in [0, 0.1) is 0 Å². The molecule has 1 atom stereocenters. The van der Waals surface area contributed by atoms with Crippen LogP contribution in [0.1, 0.15) is 37.3 Å². The fraction of sp³-hybridized carbons (Fsp3) is 0.278. The van der Waals surface area contributed by atoms with Crippen LogP contribution in [-0.4, -0.2) is 9.61 Å². The third-order valence-electron chi connectivity index (χ3n) is 4.08. The molecule has 0 saturated heterocycles. The lowest BCUT2D eigenvalue weighted by Crippen LogP contribution is -1.99. The van der Waals surface area contributed by atoms with Gasteiger partial charge in [0.15, 0.2) is 0 Å². The lowest BCUT2D eigenvalue weighted by atomic mass is 9.99. The maximum absolute atomic E-state index is 4.36. The number of anilines is 1. The number of hydrogen-bond acceptors (Lipinski definition) is 2. The number of rotatable bonds is 5. The van der Waals surface area contributed by atoms with Crippen LogP contribution < -0.4 is 5.32 Å². The van der Waals surface area contributed by atoms with Crippen molar-refractivity contribution in [2.75, 3.05) is 5.32 Å². The van der Waals surface area contributed by atoms with Crippen LogP contribution in [0.4, 0.5) is 5.69 Å². The summed E-state index contributed by atoms with van der Waals surface area (Å²) in [6, 6.07) is 14.9. The standard InChI is InChI=1S/C18H21N3/c1-3-14(2)15-7-9-17(10-8-15)19-12-16-13-20-21-11-5-4-6-18(16)21/h4-11,13-14,19H,3,12H2,1-2H3. The smallest absolute Gasteiger partial charge is 0.0711 e. The molecule has 0 aliphatic heterocycles. The molecule has 2 aromatic heterocycles. The molecule has 0 amide bonds. The van der Waals surface area contributed by atoms with Crippen molar-refractivity contribution in [3.63, 3.8) is 0 Å². The summed E-state index contributed by atoms with van der Waals surface area (Å²) in [5.41, 5.74) is 4.92. The van der Waals surface area contributed by atoms with Crippen LogP contribution in [-0.2, 0) is 6.54 Å². The van der Waals surface area contributed by atoms with Crippen molar-refractivity contribution in [3.05, 3.63) is 66.0 Å². The van der Waals surface area contributed by atoms with E-state index in [1.165, 1.54) is 17.5 Å². The number of hydrogen-bond donors (Lipinski definition) is 1. The van der Waals surface area contributed by atoms with Gasteiger partial charge in [-0.25, -0.2) is 4.52 Å². The molecule has 3 nitrogen and oxygen atoms in total. The SMILES string of the molecule is CCC(C)c1ccc(NCc2cnn3ccccc23)cc1. The van der Waals surface area contributed by atoms with Crippen LogP contribution in [0.25, 0.3) is 5.52 Å². The fourth-order valence-corrected chi connectivity index (χ4v) is 2.49. The van der Waals surface area contributed by atoms with Crippen molar-refractivity contribution in [2.45, 2.75) is 32.7 Å². The Bertz CT molecular complexity index is 713. The molecule has 1 N–H and O–H groups in total. The Hall–Kier alpha value is -2.29. The van der Waals surface area contributed by atoms with Gasteiger partial charge >= 0.3 is 0 Å². The summed E-state index contributed by atoms with van der Waals surface area (Å²) >= 11 is 0. The lowest BCUT2D eigenvalue weighted by Gasteiger charge is -2.10. The molecule has 3 rings (SSSR count). The summed E-state index contributed by atoms with van der Waals surface area (Å²) in [4.78, 5) is 0. The van der Waals surface area contributed by atoms with Gasteiger partial charge in [0.1, 0.15) is 0 Å². The number of fused-ring (bicyclic) bond motifs is 1. The van der Waals surface area contributed by atoms with Crippen LogP contribution in [0.3, 0.4) is 0 Å². The molecule has 0 aliphatic rings. The number of benzene rings is 1. The van der Waals surface area contributed by atoms with Gasteiger partial charge < -0.3 is 5.32 Å². The van der Waals surface area contributed by atoms with Crippen molar-refractivity contribution in [3.8, 4) is 0 Å². The highest BCUT2D eigenvalue weighted by Crippen LogP contribution is 2.21. The second-order valence-corrected chi connectivity index (χ2v) is 5.49. The highest BCUT2D eigenvalue weighted by atomic mass is 15.2. The van der Waals surface area contributed by atoms with E-state index >= 15 is 0 Å². The first-order valence-electron chi connectivity index (χ1n) is 7.53. The minimum absolute atomic E-state index is 0.624. The van der Waals surface area contributed by atoms with Gasteiger partial charge in [-0.15, -0.1) is 0 Å². The normalized spacial score (nSPS) is 12.5. The topological polar surface area (TPSA) is 29.3 Å². The van der Waals surface area contributed by atoms with Crippen molar-refractivity contribution in [1.82, 2.24) is 9.61 Å². The maximum atomic E-state index is 4.36. The fourth-order valence-electron chi connectivity index (χ4n) is 2.49. The van der Waals surface area contributed by atoms with E-state index < -0.39 is 0 Å². The second kappa shape index (κ2) is 6.00. The van der Waals surface area contributed by atoms with E-state index in [0.29, 0.717) is 5.92 Å². The van der Waals surface area contributed by atoms with E-state index in [1.54, 1.807) is 0 Å². The molecule has 108 valence electrons. The van der Waals surface area contributed by atoms with Gasteiger partial charge in [0.2, 0.25) is 0 Å². The first kappa shape index (κ1) is 13.7. The van der Waals surface area contributed by atoms with Gasteiger partial charge in [0.05, 0.1) is 11.7 Å². The molecule has 0 spiro atoms. The van der Waals surface area contributed by atoms with Crippen LogP contribution in [0.15, 0.2) is 54.9 Å². The second-order valence-electron chi connectivity index (χ2n) is 5.49. The predicted octanol–water partition coefficient (Wildman–Crippen LogP) is 4.46. The summed E-state index contributed by atoms with van der Waals surface area (Å²) < 4.78 is 1.91. The Morgan fingerprint density at radius 1 is 1.14 bits per heavy atom. The number of nitrogens with one attached hydrogen (secondary N) is 1. The van der Waals surface area contributed by atoms with Crippen molar-refractivity contribution in [2.24, 2.45) is 0 Å². The van der Waals surface area contributed by atoms with E-state index in [2.05, 4.69) is 54.6 Å². The van der Waals surface area contributed by atoms with E-state index in [-0.39, 0.29) is 0 Å². The molecule has 21 heavy (non-hydrogen) atoms. The lowest BCUT2D eigenvalue weighted by molar-refractivity contribution is 0.734. The molecule has 1 aromatic carbocycles. The molecule has 3 heteroatoms. The van der Waals surface area contributed by atoms with Crippen LogP contribution >= 0.6 is 0 Å². The van der Waals surface area contributed by atoms with E-state index in [0.717, 1.165) is 17.7 Å². The number of nitrogens with zero attached hydrogens (tertiary/aromatic N) is 2. The molecular formula is C18H21N3. The van der Waals surface area contributed by atoms with Gasteiger partial charge in [0.25, 0.3) is 0 Å². The molecule has 2 heterocycles. The zero-order valence-corrected chi connectivity index (χ0v) is 12.6. The average Bonchev–Trinajstić information content (AvgIpc) is 2.96. The zero-order chi connectivity index (χ0) is 14.7. The highest BCUT2D eigenvalue weighted by Gasteiger charge is 2.04. The first-order valence-corrected chi connectivity index (χ1v) is 7.53. The van der Waals surface area contributed by atoms with Crippen molar-refractivity contribution in [1.29, 1.82) is 0 Å². The van der Waals surface area contributed by atoms with Crippen LogP contribution in [0.2, 0.25) is 0 Å². The van der Waals surface area contributed by atoms with Gasteiger partial charge in [-0.05, 0) is 42.2 Å². The number of aromatic nitrogens is 2.